The van der Waals surface area contributed by atoms with Crippen LogP contribution in [0.25, 0.3) is 0 Å². The molecule has 0 aromatic carbocycles. The molecule has 2 aromatic rings. The molecule has 4 rings (SSSR count). The van der Waals surface area contributed by atoms with Gasteiger partial charge in [-0.3, -0.25) is 15.0 Å². The highest BCUT2D eigenvalue weighted by Gasteiger charge is 2.34. The Bertz CT molecular complexity index is 653. The molecule has 3 heterocycles. The molecule has 0 bridgehead atoms. The van der Waals surface area contributed by atoms with Crippen molar-refractivity contribution in [1.82, 2.24) is 25.2 Å². The van der Waals surface area contributed by atoms with Gasteiger partial charge in [-0.2, -0.15) is 4.98 Å². The molecule has 1 aliphatic carbocycles. The summed E-state index contributed by atoms with van der Waals surface area (Å²) in [5.41, 5.74) is 1.59. The van der Waals surface area contributed by atoms with E-state index in [0.29, 0.717) is 23.4 Å². The van der Waals surface area contributed by atoms with Crippen molar-refractivity contribution >= 4 is 22.4 Å². The summed E-state index contributed by atoms with van der Waals surface area (Å²) in [7, 11) is 0. The molecular weight excluding hydrogens is 304 g/mol. The van der Waals surface area contributed by atoms with Gasteiger partial charge in [0.05, 0.1) is 12.6 Å². The Morgan fingerprint density at radius 2 is 2.36 bits per heavy atom. The summed E-state index contributed by atoms with van der Waals surface area (Å²) >= 11 is 1.31. The summed E-state index contributed by atoms with van der Waals surface area (Å²) in [6.07, 6.45) is 4.26. The lowest BCUT2D eigenvalue weighted by molar-refractivity contribution is -0.117. The highest BCUT2D eigenvalue weighted by molar-refractivity contribution is 7.13. The molecule has 116 valence electrons. The van der Waals surface area contributed by atoms with E-state index in [9.17, 15) is 4.79 Å². The number of likely N-dealkylation sites (tertiary alicyclic amines) is 1. The second kappa shape index (κ2) is 5.73. The third-order valence-electron chi connectivity index (χ3n) is 4.00. The maximum absolute atomic E-state index is 12.1. The molecular formula is C13H16N6O2S. The van der Waals surface area contributed by atoms with Crippen LogP contribution in [0.2, 0.25) is 0 Å². The number of amides is 1. The number of nitrogens with one attached hydrogen (secondary N) is 1. The molecule has 9 heteroatoms. The Balaban J connectivity index is 1.40. The minimum absolute atomic E-state index is 0.0661. The number of carbonyl (C=O) groups is 1. The second-order valence-corrected chi connectivity index (χ2v) is 6.52. The van der Waals surface area contributed by atoms with E-state index in [4.69, 9.17) is 4.52 Å². The van der Waals surface area contributed by atoms with Crippen molar-refractivity contribution < 1.29 is 9.32 Å². The lowest BCUT2D eigenvalue weighted by atomic mass is 10.2. The van der Waals surface area contributed by atoms with Crippen LogP contribution in [0.15, 0.2) is 10.0 Å². The molecule has 1 aliphatic heterocycles. The van der Waals surface area contributed by atoms with Crippen LogP contribution in [-0.2, 0) is 4.79 Å². The second-order valence-electron chi connectivity index (χ2n) is 5.69. The third kappa shape index (κ3) is 2.86. The Morgan fingerprint density at radius 3 is 3.14 bits per heavy atom. The van der Waals surface area contributed by atoms with Crippen LogP contribution >= 0.6 is 11.3 Å². The highest BCUT2D eigenvalue weighted by atomic mass is 32.1. The lowest BCUT2D eigenvalue weighted by Crippen LogP contribution is -2.33. The van der Waals surface area contributed by atoms with E-state index in [0.717, 1.165) is 38.1 Å². The largest absolute Gasteiger partial charge is 0.339 e. The number of nitrogens with zero attached hydrogens (tertiary/aromatic N) is 5. The van der Waals surface area contributed by atoms with Gasteiger partial charge in [0, 0.05) is 5.92 Å². The maximum Gasteiger partial charge on any atom is 0.240 e. The van der Waals surface area contributed by atoms with Crippen LogP contribution < -0.4 is 5.32 Å². The molecule has 2 aromatic heterocycles. The Labute approximate surface area is 130 Å². The first kappa shape index (κ1) is 13.8. The van der Waals surface area contributed by atoms with Gasteiger partial charge in [-0.15, -0.1) is 10.2 Å². The lowest BCUT2D eigenvalue weighted by Gasteiger charge is -2.20. The monoisotopic (exact) mass is 320 g/mol. The molecule has 2 fully saturated rings. The summed E-state index contributed by atoms with van der Waals surface area (Å²) in [5.74, 6) is 1.83. The fourth-order valence-corrected chi connectivity index (χ4v) is 3.22. The van der Waals surface area contributed by atoms with Crippen LogP contribution in [0.4, 0.5) is 5.13 Å². The number of rotatable bonds is 5. The Hall–Kier alpha value is -1.87. The first-order valence-corrected chi connectivity index (χ1v) is 8.31. The van der Waals surface area contributed by atoms with Gasteiger partial charge in [-0.05, 0) is 32.2 Å². The molecule has 0 spiro atoms. The average molecular weight is 320 g/mol. The van der Waals surface area contributed by atoms with Crippen LogP contribution in [0.5, 0.6) is 0 Å². The van der Waals surface area contributed by atoms with E-state index in [1.807, 2.05) is 0 Å². The van der Waals surface area contributed by atoms with Crippen molar-refractivity contribution in [3.63, 3.8) is 0 Å². The number of aromatic nitrogens is 4. The number of hydrogen-bond donors (Lipinski definition) is 1. The first-order valence-electron chi connectivity index (χ1n) is 7.43. The van der Waals surface area contributed by atoms with E-state index in [-0.39, 0.29) is 11.9 Å². The molecule has 1 N–H and O–H groups in total. The van der Waals surface area contributed by atoms with E-state index in [2.05, 4.69) is 30.6 Å². The average Bonchev–Trinajstić information content (AvgIpc) is 2.95. The molecule has 1 unspecified atom stereocenters. The molecule has 1 saturated heterocycles. The molecule has 1 saturated carbocycles. The number of hydrogen-bond acceptors (Lipinski definition) is 8. The quantitative estimate of drug-likeness (QED) is 0.893. The Morgan fingerprint density at radius 1 is 1.45 bits per heavy atom. The maximum atomic E-state index is 12.1. The standard InChI is InChI=1S/C13H16N6O2S/c20-10(15-13-17-14-7-22-13)6-19-5-1-2-9(19)11-16-12(21-18-11)8-3-4-8/h7-9H,1-6H2,(H,15,17,20). The normalized spacial score (nSPS) is 22.1. The van der Waals surface area contributed by atoms with Crippen molar-refractivity contribution in [3.8, 4) is 0 Å². The van der Waals surface area contributed by atoms with E-state index < -0.39 is 0 Å². The zero-order valence-electron chi connectivity index (χ0n) is 11.9. The van der Waals surface area contributed by atoms with Gasteiger partial charge < -0.3 is 4.52 Å². The van der Waals surface area contributed by atoms with Crippen molar-refractivity contribution in [1.29, 1.82) is 0 Å². The van der Waals surface area contributed by atoms with Crippen LogP contribution in [-0.4, -0.2) is 44.2 Å². The van der Waals surface area contributed by atoms with Crippen molar-refractivity contribution in [2.45, 2.75) is 37.6 Å². The predicted octanol–water partition coefficient (Wildman–Crippen LogP) is 1.57. The van der Waals surface area contributed by atoms with E-state index in [1.54, 1.807) is 5.51 Å². The summed E-state index contributed by atoms with van der Waals surface area (Å²) in [6, 6.07) is 0.0661. The van der Waals surface area contributed by atoms with Crippen LogP contribution in [0.1, 0.15) is 49.4 Å². The van der Waals surface area contributed by atoms with Gasteiger partial charge in [-0.1, -0.05) is 16.5 Å². The predicted molar refractivity (Wildman–Crippen MR) is 78.4 cm³/mol. The molecule has 2 aliphatic rings. The summed E-state index contributed by atoms with van der Waals surface area (Å²) in [5, 5.41) is 14.9. The van der Waals surface area contributed by atoms with Gasteiger partial charge in [0.15, 0.2) is 5.82 Å². The van der Waals surface area contributed by atoms with Gasteiger partial charge in [-0.25, -0.2) is 0 Å². The van der Waals surface area contributed by atoms with Gasteiger partial charge in [0.2, 0.25) is 16.9 Å². The molecule has 1 atom stereocenters. The van der Waals surface area contributed by atoms with E-state index >= 15 is 0 Å². The summed E-state index contributed by atoms with van der Waals surface area (Å²) < 4.78 is 5.33. The highest BCUT2D eigenvalue weighted by Crippen LogP contribution is 2.40. The molecule has 22 heavy (non-hydrogen) atoms. The first-order chi connectivity index (χ1) is 10.8. The minimum atomic E-state index is -0.0884. The van der Waals surface area contributed by atoms with Gasteiger partial charge >= 0.3 is 0 Å². The molecule has 8 nitrogen and oxygen atoms in total. The van der Waals surface area contributed by atoms with Crippen LogP contribution in [0, 0.1) is 0 Å². The zero-order valence-corrected chi connectivity index (χ0v) is 12.8. The summed E-state index contributed by atoms with van der Waals surface area (Å²) in [6.45, 7) is 1.17. The zero-order chi connectivity index (χ0) is 14.9. The molecule has 0 radical (unpaired) electrons. The van der Waals surface area contributed by atoms with Crippen molar-refractivity contribution in [2.75, 3.05) is 18.4 Å². The summed E-state index contributed by atoms with van der Waals surface area (Å²) in [4.78, 5) is 18.7. The van der Waals surface area contributed by atoms with Crippen molar-refractivity contribution in [3.05, 3.63) is 17.2 Å². The number of anilines is 1. The fourth-order valence-electron chi connectivity index (χ4n) is 2.76. The SMILES string of the molecule is O=C(CN1CCCC1c1noc(C2CC2)n1)Nc1nncs1. The third-order valence-corrected chi connectivity index (χ3v) is 4.61. The van der Waals surface area contributed by atoms with Crippen LogP contribution in [0.3, 0.4) is 0 Å². The topological polar surface area (TPSA) is 97.0 Å². The van der Waals surface area contributed by atoms with E-state index in [1.165, 1.54) is 11.3 Å². The van der Waals surface area contributed by atoms with Gasteiger partial charge in [0.25, 0.3) is 0 Å². The van der Waals surface area contributed by atoms with Crippen molar-refractivity contribution in [2.24, 2.45) is 0 Å². The smallest absolute Gasteiger partial charge is 0.240 e. The van der Waals surface area contributed by atoms with Gasteiger partial charge in [0.1, 0.15) is 5.51 Å². The fraction of sp³-hybridized carbons (Fsp3) is 0.615. The number of carbonyl (C=O) groups excluding carboxylic acids is 1. The Kier molecular flexibility index (Phi) is 3.59. The molecule has 1 amide bonds. The minimum Gasteiger partial charge on any atom is -0.339 e.